The molecule has 1 heterocycles. The second-order valence-corrected chi connectivity index (χ2v) is 9.86. The lowest BCUT2D eigenvalue weighted by Gasteiger charge is -2.24. The van der Waals surface area contributed by atoms with Gasteiger partial charge in [0.25, 0.3) is 0 Å². The lowest BCUT2D eigenvalue weighted by atomic mass is 9.98. The highest BCUT2D eigenvalue weighted by Gasteiger charge is 2.38. The maximum absolute atomic E-state index is 13.4. The van der Waals surface area contributed by atoms with E-state index in [1.54, 1.807) is 14.0 Å². The summed E-state index contributed by atoms with van der Waals surface area (Å²) in [6.07, 6.45) is -1.57. The molecule has 5 rings (SSSR count). The van der Waals surface area contributed by atoms with Crippen molar-refractivity contribution in [2.75, 3.05) is 20.3 Å². The molecule has 0 unspecified atom stereocenters. The van der Waals surface area contributed by atoms with E-state index >= 15 is 0 Å². The quantitative estimate of drug-likeness (QED) is 0.396. The van der Waals surface area contributed by atoms with E-state index in [-0.39, 0.29) is 32.0 Å². The van der Waals surface area contributed by atoms with Crippen molar-refractivity contribution in [3.63, 3.8) is 0 Å². The molecule has 1 aliphatic carbocycles. The summed E-state index contributed by atoms with van der Waals surface area (Å²) in [6, 6.07) is 24.7. The fourth-order valence-electron chi connectivity index (χ4n) is 5.30. The standard InChI is InChI=1S/C31H33N3O6/c1-3-38-30(36)27-18-28(34(2)40-27)33-29(35)26(17-20-11-5-4-6-12-20)32-31(37)39-19-25-23-15-9-7-13-21(23)22-14-8-10-16-24(22)25/h4-16,25-28H,3,17-19H2,1-2H3,(H,32,37)(H,33,35)/t26-,27+,28+/m0/s1. The summed E-state index contributed by atoms with van der Waals surface area (Å²) in [5.41, 5.74) is 5.36. The number of ether oxygens (including phenoxy) is 2. The molecule has 9 nitrogen and oxygen atoms in total. The van der Waals surface area contributed by atoms with Crippen molar-refractivity contribution in [3.8, 4) is 11.1 Å². The first kappa shape index (κ1) is 27.4. The first-order valence-electron chi connectivity index (χ1n) is 13.5. The number of alkyl carbamates (subject to hydrolysis) is 1. The zero-order valence-corrected chi connectivity index (χ0v) is 22.5. The Morgan fingerprint density at radius 1 is 0.925 bits per heavy atom. The molecule has 3 aromatic carbocycles. The molecule has 3 aromatic rings. The Bertz CT molecular complexity index is 1320. The minimum atomic E-state index is -0.909. The molecule has 3 atom stereocenters. The van der Waals surface area contributed by atoms with E-state index < -0.39 is 36.3 Å². The Morgan fingerprint density at radius 2 is 1.55 bits per heavy atom. The van der Waals surface area contributed by atoms with Gasteiger partial charge in [0.05, 0.1) is 6.61 Å². The molecule has 0 spiro atoms. The Morgan fingerprint density at radius 3 is 2.20 bits per heavy atom. The van der Waals surface area contributed by atoms with Gasteiger partial charge in [-0.2, -0.15) is 5.06 Å². The van der Waals surface area contributed by atoms with E-state index in [9.17, 15) is 14.4 Å². The van der Waals surface area contributed by atoms with Gasteiger partial charge in [0, 0.05) is 25.8 Å². The third-order valence-electron chi connectivity index (χ3n) is 7.26. The number of hydrogen-bond donors (Lipinski definition) is 2. The van der Waals surface area contributed by atoms with Crippen LogP contribution in [0.2, 0.25) is 0 Å². The normalized spacial score (nSPS) is 18.9. The average molecular weight is 544 g/mol. The molecular formula is C31H33N3O6. The zero-order valence-electron chi connectivity index (χ0n) is 22.5. The summed E-state index contributed by atoms with van der Waals surface area (Å²) in [5, 5.41) is 7.07. The van der Waals surface area contributed by atoms with Crippen LogP contribution in [0.5, 0.6) is 0 Å². The van der Waals surface area contributed by atoms with Crippen LogP contribution < -0.4 is 10.6 Å². The topological polar surface area (TPSA) is 106 Å². The first-order valence-corrected chi connectivity index (χ1v) is 13.5. The predicted octanol–water partition coefficient (Wildman–Crippen LogP) is 3.78. The van der Waals surface area contributed by atoms with Crippen molar-refractivity contribution >= 4 is 18.0 Å². The number of hydrogen-bond acceptors (Lipinski definition) is 7. The first-order chi connectivity index (χ1) is 19.4. The molecule has 2 aliphatic rings. The Labute approximate surface area is 233 Å². The molecule has 1 fully saturated rings. The number of fused-ring (bicyclic) bond motifs is 3. The van der Waals surface area contributed by atoms with Gasteiger partial charge in [-0.1, -0.05) is 78.9 Å². The molecule has 2 amide bonds. The van der Waals surface area contributed by atoms with Crippen molar-refractivity contribution in [1.29, 1.82) is 0 Å². The van der Waals surface area contributed by atoms with Gasteiger partial charge < -0.3 is 20.1 Å². The second-order valence-electron chi connectivity index (χ2n) is 9.86. The number of rotatable bonds is 9. The highest BCUT2D eigenvalue weighted by atomic mass is 16.7. The number of benzene rings is 3. The van der Waals surface area contributed by atoms with Crippen molar-refractivity contribution in [2.24, 2.45) is 0 Å². The summed E-state index contributed by atoms with van der Waals surface area (Å²) in [7, 11) is 1.63. The van der Waals surface area contributed by atoms with Gasteiger partial charge in [0.2, 0.25) is 5.91 Å². The number of nitrogens with one attached hydrogen (secondary N) is 2. The summed E-state index contributed by atoms with van der Waals surface area (Å²) >= 11 is 0. The van der Waals surface area contributed by atoms with Crippen LogP contribution in [0.25, 0.3) is 11.1 Å². The van der Waals surface area contributed by atoms with Gasteiger partial charge in [0.1, 0.15) is 18.8 Å². The van der Waals surface area contributed by atoms with Gasteiger partial charge in [-0.05, 0) is 34.7 Å². The van der Waals surface area contributed by atoms with E-state index in [1.165, 1.54) is 5.06 Å². The second kappa shape index (κ2) is 12.3. The highest BCUT2D eigenvalue weighted by Crippen LogP contribution is 2.44. The van der Waals surface area contributed by atoms with Gasteiger partial charge >= 0.3 is 12.1 Å². The van der Waals surface area contributed by atoms with Crippen LogP contribution in [0.4, 0.5) is 4.79 Å². The Kier molecular flexibility index (Phi) is 8.42. The number of carbonyl (C=O) groups excluding carboxylic acids is 3. The highest BCUT2D eigenvalue weighted by molar-refractivity contribution is 5.86. The van der Waals surface area contributed by atoms with Crippen LogP contribution in [-0.4, -0.2) is 61.6 Å². The molecule has 1 saturated heterocycles. The smallest absolute Gasteiger partial charge is 0.407 e. The van der Waals surface area contributed by atoms with E-state index in [2.05, 4.69) is 34.9 Å². The molecule has 0 bridgehead atoms. The maximum atomic E-state index is 13.4. The summed E-state index contributed by atoms with van der Waals surface area (Å²) in [5.74, 6) is -0.991. The van der Waals surface area contributed by atoms with E-state index in [0.717, 1.165) is 27.8 Å². The SMILES string of the molecule is CCOC(=O)[C@H]1C[C@H](NC(=O)[C@H](Cc2ccccc2)NC(=O)OCC2c3ccccc3-c3ccccc32)N(C)O1. The van der Waals surface area contributed by atoms with Crippen molar-refractivity contribution in [2.45, 2.75) is 44.0 Å². The predicted molar refractivity (Wildman–Crippen MR) is 148 cm³/mol. The molecule has 0 radical (unpaired) electrons. The lowest BCUT2D eigenvalue weighted by Crippen LogP contribution is -2.53. The van der Waals surface area contributed by atoms with Crippen molar-refractivity contribution < 1.29 is 28.7 Å². The largest absolute Gasteiger partial charge is 0.464 e. The summed E-state index contributed by atoms with van der Waals surface area (Å²) in [6.45, 7) is 2.10. The Hall–Kier alpha value is -4.21. The fraction of sp³-hybridized carbons (Fsp3) is 0.323. The lowest BCUT2D eigenvalue weighted by molar-refractivity contribution is -0.182. The minimum Gasteiger partial charge on any atom is -0.464 e. The third kappa shape index (κ3) is 6.00. The van der Waals surface area contributed by atoms with E-state index in [1.807, 2.05) is 54.6 Å². The van der Waals surface area contributed by atoms with Crippen LogP contribution in [0.3, 0.4) is 0 Å². The zero-order chi connectivity index (χ0) is 28.1. The summed E-state index contributed by atoms with van der Waals surface area (Å²) in [4.78, 5) is 44.1. The molecule has 0 aromatic heterocycles. The van der Waals surface area contributed by atoms with Crippen molar-refractivity contribution in [1.82, 2.24) is 15.7 Å². The van der Waals surface area contributed by atoms with Crippen LogP contribution in [0, 0.1) is 0 Å². The molecule has 2 N–H and O–H groups in total. The van der Waals surface area contributed by atoms with Crippen molar-refractivity contribution in [3.05, 3.63) is 95.6 Å². The number of hydroxylamine groups is 2. The minimum absolute atomic E-state index is 0.0938. The van der Waals surface area contributed by atoms with Crippen LogP contribution >= 0.6 is 0 Å². The molecule has 9 heteroatoms. The molecule has 208 valence electrons. The van der Waals surface area contributed by atoms with Gasteiger partial charge in [-0.3, -0.25) is 9.63 Å². The van der Waals surface area contributed by atoms with Gasteiger partial charge in [-0.25, -0.2) is 9.59 Å². The van der Waals surface area contributed by atoms with Crippen LogP contribution in [-0.2, 0) is 30.3 Å². The van der Waals surface area contributed by atoms with Gasteiger partial charge in [0.15, 0.2) is 6.10 Å². The Balaban J connectivity index is 1.25. The maximum Gasteiger partial charge on any atom is 0.407 e. The molecule has 1 aliphatic heterocycles. The fourth-order valence-corrected chi connectivity index (χ4v) is 5.30. The molecule has 40 heavy (non-hydrogen) atoms. The number of carbonyl (C=O) groups is 3. The molecular weight excluding hydrogens is 510 g/mol. The average Bonchev–Trinajstić information content (AvgIpc) is 3.49. The number of nitrogens with zero attached hydrogens (tertiary/aromatic N) is 1. The number of amides is 2. The van der Waals surface area contributed by atoms with Gasteiger partial charge in [-0.15, -0.1) is 0 Å². The molecule has 0 saturated carbocycles. The van der Waals surface area contributed by atoms with Crippen LogP contribution in [0.15, 0.2) is 78.9 Å². The number of esters is 1. The summed E-state index contributed by atoms with van der Waals surface area (Å²) < 4.78 is 10.7. The van der Waals surface area contributed by atoms with Crippen LogP contribution in [0.1, 0.15) is 36.0 Å². The monoisotopic (exact) mass is 543 g/mol. The van der Waals surface area contributed by atoms with E-state index in [4.69, 9.17) is 14.3 Å². The van der Waals surface area contributed by atoms with E-state index in [0.29, 0.717) is 0 Å². The third-order valence-corrected chi connectivity index (χ3v) is 7.26.